The maximum absolute atomic E-state index is 14.4. The van der Waals surface area contributed by atoms with Gasteiger partial charge in [0.1, 0.15) is 11.6 Å². The molecule has 0 spiro atoms. The summed E-state index contributed by atoms with van der Waals surface area (Å²) in [6, 6.07) is 9.04. The highest BCUT2D eigenvalue weighted by molar-refractivity contribution is 7.88. The Morgan fingerprint density at radius 2 is 1.87 bits per heavy atom. The molecule has 1 aliphatic carbocycles. The molecule has 4 rings (SSSR count). The van der Waals surface area contributed by atoms with E-state index in [1.165, 1.54) is 18.2 Å². The number of halogens is 2. The number of hydrogen-bond acceptors (Lipinski definition) is 3. The number of carbonyl (C=O) groups excluding carboxylic acids is 1. The standard InChI is InChI=1S/C22H24F2N2O3S/c1-13-6-7-15(17(10-13)21-19(23)4-3-5-20(21)24)16-11-18(16)22(27)26-9-8-14(12-26)25-30(2,28)29/h3-7,10,14,16,18,25H,8-9,11-12H2,1-2H3/t14-,16+,18-/m0/s1. The maximum Gasteiger partial charge on any atom is 0.226 e. The van der Waals surface area contributed by atoms with Crippen molar-refractivity contribution in [2.75, 3.05) is 19.3 Å². The molecule has 1 saturated carbocycles. The number of aryl methyl sites for hydroxylation is 1. The number of rotatable bonds is 5. The summed E-state index contributed by atoms with van der Waals surface area (Å²) in [6.45, 7) is 2.70. The molecule has 2 aromatic carbocycles. The Balaban J connectivity index is 1.54. The molecule has 160 valence electrons. The van der Waals surface area contributed by atoms with Gasteiger partial charge in [0.2, 0.25) is 15.9 Å². The molecule has 1 heterocycles. The van der Waals surface area contributed by atoms with Gasteiger partial charge in [-0.15, -0.1) is 0 Å². The number of nitrogens with zero attached hydrogens (tertiary/aromatic N) is 1. The molecule has 2 fully saturated rings. The van der Waals surface area contributed by atoms with Crippen molar-refractivity contribution in [2.24, 2.45) is 5.92 Å². The zero-order chi connectivity index (χ0) is 21.6. The van der Waals surface area contributed by atoms with Crippen molar-refractivity contribution in [3.63, 3.8) is 0 Å². The van der Waals surface area contributed by atoms with Gasteiger partial charge in [0.15, 0.2) is 0 Å². The second kappa shape index (κ2) is 7.74. The van der Waals surface area contributed by atoms with Crippen molar-refractivity contribution in [2.45, 2.75) is 31.7 Å². The van der Waals surface area contributed by atoms with Gasteiger partial charge in [0.25, 0.3) is 0 Å². The van der Waals surface area contributed by atoms with Gasteiger partial charge in [0.05, 0.1) is 11.8 Å². The molecular weight excluding hydrogens is 410 g/mol. The van der Waals surface area contributed by atoms with E-state index in [4.69, 9.17) is 0 Å². The van der Waals surface area contributed by atoms with Gasteiger partial charge in [-0.05, 0) is 48.9 Å². The lowest BCUT2D eigenvalue weighted by Crippen LogP contribution is -2.38. The van der Waals surface area contributed by atoms with Crippen LogP contribution in [0.3, 0.4) is 0 Å². The van der Waals surface area contributed by atoms with E-state index >= 15 is 0 Å². The average molecular weight is 435 g/mol. The summed E-state index contributed by atoms with van der Waals surface area (Å²) in [6.07, 6.45) is 2.30. The van der Waals surface area contributed by atoms with E-state index < -0.39 is 21.7 Å². The molecule has 0 radical (unpaired) electrons. The molecule has 2 aromatic rings. The predicted octanol–water partition coefficient (Wildman–Crippen LogP) is 3.19. The molecule has 1 aliphatic heterocycles. The second-order valence-corrected chi connectivity index (χ2v) is 10.1. The number of nitrogens with one attached hydrogen (secondary N) is 1. The predicted molar refractivity (Wildman–Crippen MR) is 110 cm³/mol. The molecule has 0 aromatic heterocycles. The van der Waals surface area contributed by atoms with Crippen LogP contribution in [0.15, 0.2) is 36.4 Å². The third-order valence-corrected chi connectivity index (χ3v) is 6.59. The Kier molecular flexibility index (Phi) is 5.40. The molecule has 5 nitrogen and oxygen atoms in total. The van der Waals surface area contributed by atoms with Crippen LogP contribution in [0.25, 0.3) is 11.1 Å². The van der Waals surface area contributed by atoms with Crippen molar-refractivity contribution in [3.8, 4) is 11.1 Å². The summed E-state index contributed by atoms with van der Waals surface area (Å²) in [7, 11) is -3.32. The lowest BCUT2D eigenvalue weighted by molar-refractivity contribution is -0.131. The Morgan fingerprint density at radius 1 is 1.17 bits per heavy atom. The van der Waals surface area contributed by atoms with Crippen LogP contribution in [0.1, 0.15) is 29.9 Å². The summed E-state index contributed by atoms with van der Waals surface area (Å²) in [5, 5.41) is 0. The molecule has 2 aliphatic rings. The van der Waals surface area contributed by atoms with Crippen molar-refractivity contribution >= 4 is 15.9 Å². The van der Waals surface area contributed by atoms with E-state index in [0.29, 0.717) is 31.5 Å². The fourth-order valence-corrected chi connectivity index (χ4v) is 5.17. The molecule has 8 heteroatoms. The van der Waals surface area contributed by atoms with Crippen LogP contribution in [-0.2, 0) is 14.8 Å². The fraction of sp³-hybridized carbons (Fsp3) is 0.409. The Hall–Kier alpha value is -2.32. The van der Waals surface area contributed by atoms with Crippen LogP contribution in [0.2, 0.25) is 0 Å². The van der Waals surface area contributed by atoms with E-state index in [9.17, 15) is 22.0 Å². The van der Waals surface area contributed by atoms with Crippen molar-refractivity contribution in [1.29, 1.82) is 0 Å². The summed E-state index contributed by atoms with van der Waals surface area (Å²) in [5.41, 5.74) is 2.08. The second-order valence-electron chi connectivity index (χ2n) is 8.30. The van der Waals surface area contributed by atoms with Crippen LogP contribution >= 0.6 is 0 Å². The van der Waals surface area contributed by atoms with Crippen molar-refractivity contribution in [1.82, 2.24) is 9.62 Å². The molecule has 30 heavy (non-hydrogen) atoms. The fourth-order valence-electron chi connectivity index (χ4n) is 4.37. The van der Waals surface area contributed by atoms with Gasteiger partial charge in [-0.25, -0.2) is 21.9 Å². The normalized spacial score (nSPS) is 23.6. The third kappa shape index (κ3) is 4.25. The van der Waals surface area contributed by atoms with E-state index in [1.807, 2.05) is 19.1 Å². The molecule has 1 saturated heterocycles. The van der Waals surface area contributed by atoms with Crippen LogP contribution in [0.4, 0.5) is 8.78 Å². The number of benzene rings is 2. The monoisotopic (exact) mass is 434 g/mol. The highest BCUT2D eigenvalue weighted by Crippen LogP contribution is 2.52. The minimum absolute atomic E-state index is 0.0293. The molecule has 0 unspecified atom stereocenters. The van der Waals surface area contributed by atoms with Gasteiger partial charge in [-0.1, -0.05) is 29.8 Å². The molecular formula is C22H24F2N2O3S. The highest BCUT2D eigenvalue weighted by atomic mass is 32.2. The van der Waals surface area contributed by atoms with Crippen LogP contribution in [0.5, 0.6) is 0 Å². The van der Waals surface area contributed by atoms with Crippen LogP contribution < -0.4 is 4.72 Å². The van der Waals surface area contributed by atoms with Gasteiger partial charge in [0, 0.05) is 25.0 Å². The minimum atomic E-state index is -3.32. The molecule has 1 amide bonds. The lowest BCUT2D eigenvalue weighted by Gasteiger charge is -2.18. The first-order valence-electron chi connectivity index (χ1n) is 9.95. The van der Waals surface area contributed by atoms with Crippen molar-refractivity contribution in [3.05, 3.63) is 59.2 Å². The van der Waals surface area contributed by atoms with E-state index in [-0.39, 0.29) is 29.3 Å². The number of carbonyl (C=O) groups is 1. The maximum atomic E-state index is 14.4. The summed E-state index contributed by atoms with van der Waals surface area (Å²) < 4.78 is 54.3. The SMILES string of the molecule is Cc1ccc([C@H]2C[C@@H]2C(=O)N2CC[C@H](NS(C)(=O)=O)C2)c(-c2c(F)cccc2F)c1. The quantitative estimate of drug-likeness (QED) is 0.786. The van der Waals surface area contributed by atoms with Crippen LogP contribution in [0, 0.1) is 24.5 Å². The minimum Gasteiger partial charge on any atom is -0.341 e. The zero-order valence-corrected chi connectivity index (χ0v) is 17.7. The number of sulfonamides is 1. The Labute approximate surface area is 175 Å². The Bertz CT molecular complexity index is 1080. The number of likely N-dealkylation sites (tertiary alicyclic amines) is 1. The first-order valence-corrected chi connectivity index (χ1v) is 11.8. The number of hydrogen-bond donors (Lipinski definition) is 1. The molecule has 3 atom stereocenters. The van der Waals surface area contributed by atoms with Crippen molar-refractivity contribution < 1.29 is 22.0 Å². The van der Waals surface area contributed by atoms with Gasteiger partial charge in [-0.2, -0.15) is 0 Å². The van der Waals surface area contributed by atoms with Crippen LogP contribution in [-0.4, -0.2) is 44.6 Å². The first-order chi connectivity index (χ1) is 14.1. The topological polar surface area (TPSA) is 66.5 Å². The molecule has 0 bridgehead atoms. The third-order valence-electron chi connectivity index (χ3n) is 5.83. The summed E-state index contributed by atoms with van der Waals surface area (Å²) >= 11 is 0. The van der Waals surface area contributed by atoms with E-state index in [1.54, 1.807) is 11.0 Å². The first kappa shape index (κ1) is 20.9. The largest absolute Gasteiger partial charge is 0.341 e. The van der Waals surface area contributed by atoms with E-state index in [2.05, 4.69) is 4.72 Å². The summed E-state index contributed by atoms with van der Waals surface area (Å²) in [4.78, 5) is 14.6. The van der Waals surface area contributed by atoms with Gasteiger partial charge in [-0.3, -0.25) is 4.79 Å². The van der Waals surface area contributed by atoms with Gasteiger partial charge >= 0.3 is 0 Å². The zero-order valence-electron chi connectivity index (χ0n) is 16.9. The lowest BCUT2D eigenvalue weighted by atomic mass is 9.93. The molecule has 1 N–H and O–H groups in total. The van der Waals surface area contributed by atoms with E-state index in [0.717, 1.165) is 17.4 Å². The average Bonchev–Trinajstić information content (AvgIpc) is 3.31. The smallest absolute Gasteiger partial charge is 0.226 e. The highest BCUT2D eigenvalue weighted by Gasteiger charge is 2.48. The number of amides is 1. The Morgan fingerprint density at radius 3 is 2.53 bits per heavy atom. The van der Waals surface area contributed by atoms with Gasteiger partial charge < -0.3 is 4.90 Å². The summed E-state index contributed by atoms with van der Waals surface area (Å²) in [5.74, 6) is -1.63.